The maximum atomic E-state index is 9.16. The minimum absolute atomic E-state index is 0.367. The second-order valence-corrected chi connectivity index (χ2v) is 7.47. The molecule has 0 aliphatic heterocycles. The van der Waals surface area contributed by atoms with Gasteiger partial charge in [0, 0.05) is 16.2 Å². The van der Waals surface area contributed by atoms with Gasteiger partial charge >= 0.3 is 0 Å². The molecule has 0 heterocycles. The van der Waals surface area contributed by atoms with Gasteiger partial charge in [-0.05, 0) is 42.4 Å². The fraction of sp³-hybridized carbons (Fsp3) is 0.909. The van der Waals surface area contributed by atoms with Crippen LogP contribution in [0.4, 0.5) is 0 Å². The average molecular weight is 254 g/mol. The van der Waals surface area contributed by atoms with Gasteiger partial charge in [-0.2, -0.15) is 0 Å². The first-order valence-electron chi connectivity index (χ1n) is 5.68. The molecule has 6 fully saturated rings. The van der Waals surface area contributed by atoms with Crippen molar-refractivity contribution in [2.45, 2.75) is 17.2 Å². The van der Waals surface area contributed by atoms with Gasteiger partial charge in [-0.25, -0.2) is 0 Å². The molecule has 6 bridgehead atoms. The van der Waals surface area contributed by atoms with Crippen molar-refractivity contribution < 1.29 is 5.21 Å². The number of nitrogens with zero attached hydrogens (tertiary/aromatic N) is 1. The lowest BCUT2D eigenvalue weighted by atomic mass is 9.71. The molecule has 1 N–H and O–H groups in total. The highest BCUT2D eigenvalue weighted by Crippen LogP contribution is 2.85. The molecule has 0 aromatic rings. The number of hydrogen-bond donors (Lipinski definition) is 1. The molecule has 8 atom stereocenters. The number of rotatable bonds is 0. The predicted octanol–water partition coefficient (Wildman–Crippen LogP) is 2.11. The summed E-state index contributed by atoms with van der Waals surface area (Å²) in [5.74, 6) is 5.85. The Bertz CT molecular complexity index is 395. The van der Waals surface area contributed by atoms with Crippen LogP contribution in [0.2, 0.25) is 0 Å². The quantitative estimate of drug-likeness (QED) is 0.401. The topological polar surface area (TPSA) is 32.6 Å². The second-order valence-electron chi connectivity index (χ2n) is 5.99. The van der Waals surface area contributed by atoms with Crippen LogP contribution in [0.5, 0.6) is 0 Å². The van der Waals surface area contributed by atoms with E-state index in [2.05, 4.69) is 21.1 Å². The van der Waals surface area contributed by atoms with Crippen LogP contribution in [0, 0.1) is 41.4 Å². The van der Waals surface area contributed by atoms with Gasteiger partial charge in [0.05, 0.1) is 5.71 Å². The van der Waals surface area contributed by atoms with Gasteiger partial charge in [0.15, 0.2) is 0 Å². The smallest absolute Gasteiger partial charge is 0.0655 e. The standard InChI is InChI=1S/C11H12BrNO/c12-11-2-5-3-1-4-6(5)9(11)10(13-14)7(4)8(3)11/h3-9,14H,1-2H2/b13-10-/t3-,4-,5+,6+,7-,8-,9-,11-/m0/s1. The fourth-order valence-electron chi connectivity index (χ4n) is 6.35. The summed E-state index contributed by atoms with van der Waals surface area (Å²) in [4.78, 5) is 0. The van der Waals surface area contributed by atoms with Crippen molar-refractivity contribution >= 4 is 21.6 Å². The molecule has 0 unspecified atom stereocenters. The van der Waals surface area contributed by atoms with Crippen LogP contribution in [-0.4, -0.2) is 15.2 Å². The third-order valence-corrected chi connectivity index (χ3v) is 7.52. The average Bonchev–Trinajstić information content (AvgIpc) is 2.76. The van der Waals surface area contributed by atoms with Gasteiger partial charge in [-0.15, -0.1) is 0 Å². The van der Waals surface area contributed by atoms with Crippen molar-refractivity contribution in [1.82, 2.24) is 0 Å². The van der Waals surface area contributed by atoms with Crippen LogP contribution < -0.4 is 0 Å². The van der Waals surface area contributed by atoms with E-state index in [4.69, 9.17) is 5.21 Å². The van der Waals surface area contributed by atoms with Crippen LogP contribution in [0.25, 0.3) is 0 Å². The highest BCUT2D eigenvalue weighted by atomic mass is 79.9. The van der Waals surface area contributed by atoms with E-state index in [1.807, 2.05) is 0 Å². The third-order valence-electron chi connectivity index (χ3n) is 6.17. The van der Waals surface area contributed by atoms with Crippen molar-refractivity contribution in [2.75, 3.05) is 0 Å². The van der Waals surface area contributed by atoms with E-state index < -0.39 is 0 Å². The van der Waals surface area contributed by atoms with Gasteiger partial charge in [-0.1, -0.05) is 21.1 Å². The lowest BCUT2D eigenvalue weighted by Crippen LogP contribution is -2.39. The van der Waals surface area contributed by atoms with E-state index in [-0.39, 0.29) is 0 Å². The number of hydrogen-bond acceptors (Lipinski definition) is 2. The first-order chi connectivity index (χ1) is 6.77. The molecule has 3 heteroatoms. The second kappa shape index (κ2) is 1.70. The maximum Gasteiger partial charge on any atom is 0.0655 e. The van der Waals surface area contributed by atoms with Gasteiger partial charge < -0.3 is 5.21 Å². The molecular formula is C11H12BrNO. The molecule has 2 nitrogen and oxygen atoms in total. The summed E-state index contributed by atoms with van der Waals surface area (Å²) in [5, 5.41) is 12.8. The summed E-state index contributed by atoms with van der Waals surface area (Å²) in [6, 6.07) is 0. The molecule has 0 amide bonds. The van der Waals surface area contributed by atoms with Gasteiger partial charge in [0.2, 0.25) is 0 Å². The molecular weight excluding hydrogens is 242 g/mol. The van der Waals surface area contributed by atoms with Crippen molar-refractivity contribution in [2.24, 2.45) is 46.6 Å². The Morgan fingerprint density at radius 1 is 1.36 bits per heavy atom. The Labute approximate surface area is 90.9 Å². The molecule has 0 radical (unpaired) electrons. The van der Waals surface area contributed by atoms with Crippen molar-refractivity contribution in [3.8, 4) is 0 Å². The zero-order valence-corrected chi connectivity index (χ0v) is 9.31. The maximum absolute atomic E-state index is 9.16. The molecule has 0 aromatic heterocycles. The molecule has 0 aromatic carbocycles. The van der Waals surface area contributed by atoms with Crippen LogP contribution in [-0.2, 0) is 0 Å². The van der Waals surface area contributed by atoms with Gasteiger partial charge in [0.1, 0.15) is 0 Å². The Morgan fingerprint density at radius 3 is 2.93 bits per heavy atom. The molecule has 0 spiro atoms. The minimum atomic E-state index is 0.367. The normalized spacial score (nSPS) is 77.8. The minimum Gasteiger partial charge on any atom is -0.411 e. The number of oxime groups is 1. The van der Waals surface area contributed by atoms with Crippen molar-refractivity contribution in [1.29, 1.82) is 0 Å². The van der Waals surface area contributed by atoms with Crippen molar-refractivity contribution in [3.63, 3.8) is 0 Å². The molecule has 6 aliphatic rings. The highest BCUT2D eigenvalue weighted by molar-refractivity contribution is 9.10. The molecule has 14 heavy (non-hydrogen) atoms. The summed E-state index contributed by atoms with van der Waals surface area (Å²) in [6.07, 6.45) is 2.80. The SMILES string of the molecule is O/N=C1/[C@H]2[C@H]3C[C@H]4[C@H]5C[C@](Br)([C@@H]42)[C@H]1[C@@H]53. The molecule has 6 saturated carbocycles. The van der Waals surface area contributed by atoms with Gasteiger partial charge in [-0.3, -0.25) is 0 Å². The van der Waals surface area contributed by atoms with Crippen LogP contribution >= 0.6 is 15.9 Å². The van der Waals surface area contributed by atoms with Crippen LogP contribution in [0.3, 0.4) is 0 Å². The predicted molar refractivity (Wildman–Crippen MR) is 54.5 cm³/mol. The van der Waals surface area contributed by atoms with Crippen LogP contribution in [0.15, 0.2) is 5.16 Å². The summed E-state index contributed by atoms with van der Waals surface area (Å²) in [5.41, 5.74) is 1.17. The molecule has 74 valence electrons. The first-order valence-corrected chi connectivity index (χ1v) is 6.47. The zero-order valence-electron chi connectivity index (χ0n) is 7.73. The summed E-state index contributed by atoms with van der Waals surface area (Å²) < 4.78 is 0.367. The Morgan fingerprint density at radius 2 is 2.21 bits per heavy atom. The van der Waals surface area contributed by atoms with Crippen LogP contribution in [0.1, 0.15) is 12.8 Å². The van der Waals surface area contributed by atoms with Gasteiger partial charge in [0.25, 0.3) is 0 Å². The number of halogens is 1. The summed E-state index contributed by atoms with van der Waals surface area (Å²) in [7, 11) is 0. The van der Waals surface area contributed by atoms with E-state index in [0.29, 0.717) is 16.2 Å². The Balaban J connectivity index is 1.89. The van der Waals surface area contributed by atoms with Crippen molar-refractivity contribution in [3.05, 3.63) is 0 Å². The van der Waals surface area contributed by atoms with E-state index in [0.717, 1.165) is 29.6 Å². The summed E-state index contributed by atoms with van der Waals surface area (Å²) in [6.45, 7) is 0. The summed E-state index contributed by atoms with van der Waals surface area (Å²) >= 11 is 4.01. The third kappa shape index (κ3) is 0.412. The monoisotopic (exact) mass is 253 g/mol. The van der Waals surface area contributed by atoms with E-state index in [9.17, 15) is 0 Å². The van der Waals surface area contributed by atoms with E-state index >= 15 is 0 Å². The lowest BCUT2D eigenvalue weighted by Gasteiger charge is -2.37. The molecule has 6 aliphatic carbocycles. The Kier molecular flexibility index (Phi) is 0.883. The largest absolute Gasteiger partial charge is 0.411 e. The first kappa shape index (κ1) is 7.26. The Hall–Kier alpha value is -0.0500. The van der Waals surface area contributed by atoms with E-state index in [1.54, 1.807) is 0 Å². The van der Waals surface area contributed by atoms with E-state index in [1.165, 1.54) is 18.6 Å². The highest BCUT2D eigenvalue weighted by Gasteiger charge is 2.85. The fourth-order valence-corrected chi connectivity index (χ4v) is 7.89. The zero-order chi connectivity index (χ0) is 9.24. The number of alkyl halides is 1. The molecule has 0 saturated heterocycles. The molecule has 6 rings (SSSR count). The lowest BCUT2D eigenvalue weighted by molar-refractivity contribution is 0.149.